The highest BCUT2D eigenvalue weighted by molar-refractivity contribution is 9.10. The number of ether oxygens (including phenoxy) is 1. The molecule has 0 saturated heterocycles. The van der Waals surface area contributed by atoms with Crippen molar-refractivity contribution in [3.8, 4) is 11.5 Å². The minimum Gasteiger partial charge on any atom is -0.457 e. The number of aryl methyl sites for hydroxylation is 1. The molecule has 0 amide bonds. The van der Waals surface area contributed by atoms with E-state index in [0.29, 0.717) is 5.75 Å². The molecule has 3 heteroatoms. The van der Waals surface area contributed by atoms with Gasteiger partial charge in [-0.1, -0.05) is 40.2 Å². The van der Waals surface area contributed by atoms with Crippen LogP contribution in [-0.2, 0) is 0 Å². The van der Waals surface area contributed by atoms with Crippen LogP contribution in [0.2, 0.25) is 0 Å². The number of hydrogen-bond acceptors (Lipinski definition) is 2. The van der Waals surface area contributed by atoms with E-state index in [-0.39, 0.29) is 0 Å². The van der Waals surface area contributed by atoms with Crippen LogP contribution in [0.25, 0.3) is 0 Å². The third-order valence-electron chi connectivity index (χ3n) is 2.74. The van der Waals surface area contributed by atoms with E-state index in [4.69, 9.17) is 4.74 Å². The SMILES string of the molecule is Cc1ccc(Br)cc1Oc1ccccc1[C@@H](C)O. The van der Waals surface area contributed by atoms with Gasteiger partial charge in [-0.3, -0.25) is 0 Å². The van der Waals surface area contributed by atoms with Crippen LogP contribution in [-0.4, -0.2) is 5.11 Å². The molecule has 0 spiro atoms. The summed E-state index contributed by atoms with van der Waals surface area (Å²) in [6, 6.07) is 13.4. The summed E-state index contributed by atoms with van der Waals surface area (Å²) in [7, 11) is 0. The van der Waals surface area contributed by atoms with E-state index in [0.717, 1.165) is 21.3 Å². The highest BCUT2D eigenvalue weighted by Crippen LogP contribution is 2.32. The molecule has 0 bridgehead atoms. The van der Waals surface area contributed by atoms with Gasteiger partial charge in [-0.25, -0.2) is 0 Å². The lowest BCUT2D eigenvalue weighted by molar-refractivity contribution is 0.195. The van der Waals surface area contributed by atoms with Crippen LogP contribution in [0.1, 0.15) is 24.2 Å². The average molecular weight is 307 g/mol. The van der Waals surface area contributed by atoms with E-state index in [2.05, 4.69) is 15.9 Å². The quantitative estimate of drug-likeness (QED) is 0.897. The molecule has 94 valence electrons. The molecule has 0 saturated carbocycles. The first kappa shape index (κ1) is 13.1. The molecule has 18 heavy (non-hydrogen) atoms. The van der Waals surface area contributed by atoms with Crippen molar-refractivity contribution in [3.05, 3.63) is 58.1 Å². The molecule has 0 heterocycles. The average Bonchev–Trinajstić information content (AvgIpc) is 2.34. The molecule has 2 nitrogen and oxygen atoms in total. The number of rotatable bonds is 3. The van der Waals surface area contributed by atoms with Gasteiger partial charge in [0, 0.05) is 10.0 Å². The van der Waals surface area contributed by atoms with Gasteiger partial charge in [0.05, 0.1) is 6.10 Å². The minimum atomic E-state index is -0.548. The molecule has 0 aliphatic carbocycles. The first-order valence-electron chi connectivity index (χ1n) is 5.79. The second-order valence-corrected chi connectivity index (χ2v) is 5.14. The van der Waals surface area contributed by atoms with Crippen LogP contribution in [0.15, 0.2) is 46.9 Å². The number of halogens is 1. The summed E-state index contributed by atoms with van der Waals surface area (Å²) in [4.78, 5) is 0. The van der Waals surface area contributed by atoms with Crippen LogP contribution in [0.5, 0.6) is 11.5 Å². The number of aliphatic hydroxyl groups is 1. The van der Waals surface area contributed by atoms with Gasteiger partial charge in [0.15, 0.2) is 0 Å². The molecule has 1 atom stereocenters. The van der Waals surface area contributed by atoms with E-state index >= 15 is 0 Å². The first-order chi connectivity index (χ1) is 8.58. The lowest BCUT2D eigenvalue weighted by atomic mass is 10.1. The van der Waals surface area contributed by atoms with Gasteiger partial charge >= 0.3 is 0 Å². The highest BCUT2D eigenvalue weighted by Gasteiger charge is 2.10. The van der Waals surface area contributed by atoms with Gasteiger partial charge < -0.3 is 9.84 Å². The Morgan fingerprint density at radius 1 is 1.11 bits per heavy atom. The predicted molar refractivity (Wildman–Crippen MR) is 76.0 cm³/mol. The molecule has 2 aromatic carbocycles. The fraction of sp³-hybridized carbons (Fsp3) is 0.200. The summed E-state index contributed by atoms with van der Waals surface area (Å²) in [5.41, 5.74) is 1.84. The van der Waals surface area contributed by atoms with Crippen molar-refractivity contribution in [2.45, 2.75) is 20.0 Å². The van der Waals surface area contributed by atoms with E-state index in [1.54, 1.807) is 6.92 Å². The van der Waals surface area contributed by atoms with E-state index in [1.165, 1.54) is 0 Å². The van der Waals surface area contributed by atoms with Gasteiger partial charge in [0.1, 0.15) is 11.5 Å². The lowest BCUT2D eigenvalue weighted by Crippen LogP contribution is -1.96. The van der Waals surface area contributed by atoms with Crippen LogP contribution < -0.4 is 4.74 Å². The second-order valence-electron chi connectivity index (χ2n) is 4.23. The van der Waals surface area contributed by atoms with Crippen molar-refractivity contribution >= 4 is 15.9 Å². The third-order valence-corrected chi connectivity index (χ3v) is 3.23. The summed E-state index contributed by atoms with van der Waals surface area (Å²) < 4.78 is 6.86. The summed E-state index contributed by atoms with van der Waals surface area (Å²) >= 11 is 3.43. The Hall–Kier alpha value is -1.32. The summed E-state index contributed by atoms with van der Waals surface area (Å²) in [6.07, 6.45) is -0.548. The van der Waals surface area contributed by atoms with Gasteiger partial charge in [0.2, 0.25) is 0 Å². The smallest absolute Gasteiger partial charge is 0.133 e. The Morgan fingerprint density at radius 2 is 1.83 bits per heavy atom. The topological polar surface area (TPSA) is 29.5 Å². The molecular formula is C15H15BrO2. The number of aliphatic hydroxyl groups excluding tert-OH is 1. The zero-order valence-corrected chi connectivity index (χ0v) is 11.9. The van der Waals surface area contributed by atoms with Crippen LogP contribution in [0, 0.1) is 6.92 Å². The second kappa shape index (κ2) is 5.55. The van der Waals surface area contributed by atoms with Crippen molar-refractivity contribution in [2.24, 2.45) is 0 Å². The Balaban J connectivity index is 2.37. The minimum absolute atomic E-state index is 0.548. The summed E-state index contributed by atoms with van der Waals surface area (Å²) in [5.74, 6) is 1.48. The maximum absolute atomic E-state index is 9.72. The van der Waals surface area contributed by atoms with E-state index in [9.17, 15) is 5.11 Å². The Kier molecular flexibility index (Phi) is 4.04. The van der Waals surface area contributed by atoms with Gasteiger partial charge in [-0.05, 0) is 37.6 Å². The normalized spacial score (nSPS) is 12.2. The largest absolute Gasteiger partial charge is 0.457 e. The van der Waals surface area contributed by atoms with Crippen molar-refractivity contribution in [1.29, 1.82) is 0 Å². The van der Waals surface area contributed by atoms with Crippen molar-refractivity contribution in [3.63, 3.8) is 0 Å². The molecule has 1 N–H and O–H groups in total. The summed E-state index contributed by atoms with van der Waals surface area (Å²) in [5, 5.41) is 9.72. The highest BCUT2D eigenvalue weighted by atomic mass is 79.9. The first-order valence-corrected chi connectivity index (χ1v) is 6.58. The zero-order valence-electron chi connectivity index (χ0n) is 10.4. The molecule has 0 aliphatic heterocycles. The van der Waals surface area contributed by atoms with Crippen molar-refractivity contribution < 1.29 is 9.84 Å². The maximum atomic E-state index is 9.72. The Labute approximate surface area is 115 Å². The van der Waals surface area contributed by atoms with Crippen molar-refractivity contribution in [1.82, 2.24) is 0 Å². The summed E-state index contributed by atoms with van der Waals surface area (Å²) in [6.45, 7) is 3.72. The van der Waals surface area contributed by atoms with Crippen LogP contribution in [0.3, 0.4) is 0 Å². The molecule has 0 unspecified atom stereocenters. The fourth-order valence-electron chi connectivity index (χ4n) is 1.72. The van der Waals surface area contributed by atoms with Gasteiger partial charge in [0.25, 0.3) is 0 Å². The molecule has 0 aliphatic rings. The maximum Gasteiger partial charge on any atom is 0.133 e. The Morgan fingerprint density at radius 3 is 2.56 bits per heavy atom. The molecule has 0 radical (unpaired) electrons. The molecule has 2 aromatic rings. The van der Waals surface area contributed by atoms with Gasteiger partial charge in [-0.15, -0.1) is 0 Å². The van der Waals surface area contributed by atoms with Crippen LogP contribution in [0.4, 0.5) is 0 Å². The third kappa shape index (κ3) is 2.92. The number of para-hydroxylation sites is 1. The van der Waals surface area contributed by atoms with E-state index in [1.807, 2.05) is 49.4 Å². The number of hydrogen-bond donors (Lipinski definition) is 1. The Bertz CT molecular complexity index is 550. The van der Waals surface area contributed by atoms with Crippen LogP contribution >= 0.6 is 15.9 Å². The lowest BCUT2D eigenvalue weighted by Gasteiger charge is -2.14. The predicted octanol–water partition coefficient (Wildman–Crippen LogP) is 4.60. The zero-order chi connectivity index (χ0) is 13.1. The van der Waals surface area contributed by atoms with Crippen molar-refractivity contribution in [2.75, 3.05) is 0 Å². The number of benzene rings is 2. The molecular weight excluding hydrogens is 292 g/mol. The molecule has 2 rings (SSSR count). The molecule has 0 fully saturated rings. The van der Waals surface area contributed by atoms with E-state index < -0.39 is 6.10 Å². The monoisotopic (exact) mass is 306 g/mol. The standard InChI is InChI=1S/C15H15BrO2/c1-10-7-8-12(16)9-15(10)18-14-6-4-3-5-13(14)11(2)17/h3-9,11,17H,1-2H3/t11-/m1/s1. The molecule has 0 aromatic heterocycles. The fourth-order valence-corrected chi connectivity index (χ4v) is 2.06. The van der Waals surface area contributed by atoms with Gasteiger partial charge in [-0.2, -0.15) is 0 Å².